The summed E-state index contributed by atoms with van der Waals surface area (Å²) in [5.41, 5.74) is 0.0631. The van der Waals surface area contributed by atoms with E-state index < -0.39 is 0 Å². The zero-order valence-electron chi connectivity index (χ0n) is 12.6. The molecule has 1 aliphatic rings. The van der Waals surface area contributed by atoms with Gasteiger partial charge in [0, 0.05) is 42.3 Å². The topological polar surface area (TPSA) is 53.5 Å². The maximum Gasteiger partial charge on any atom is 0.272 e. The molecule has 114 valence electrons. The van der Waals surface area contributed by atoms with Crippen molar-refractivity contribution < 1.29 is 9.59 Å². The van der Waals surface area contributed by atoms with Gasteiger partial charge in [-0.2, -0.15) is 0 Å². The van der Waals surface area contributed by atoms with Gasteiger partial charge >= 0.3 is 0 Å². The first-order valence-electron chi connectivity index (χ1n) is 6.99. The predicted molar refractivity (Wildman–Crippen MR) is 83.9 cm³/mol. The molecule has 1 saturated heterocycles. The molecule has 1 fully saturated rings. The summed E-state index contributed by atoms with van der Waals surface area (Å²) >= 11 is 3.30. The molecule has 2 rings (SSSR count). The van der Waals surface area contributed by atoms with Crippen molar-refractivity contribution in [2.24, 2.45) is 5.41 Å². The van der Waals surface area contributed by atoms with Gasteiger partial charge in [-0.05, 0) is 28.1 Å². The van der Waals surface area contributed by atoms with E-state index in [0.29, 0.717) is 31.9 Å². The molecule has 0 spiro atoms. The van der Waals surface area contributed by atoms with Crippen LogP contribution in [0.5, 0.6) is 0 Å². The average Bonchev–Trinajstić information content (AvgIpc) is 2.46. The Bertz CT molecular complexity index is 529. The monoisotopic (exact) mass is 353 g/mol. The first kappa shape index (κ1) is 15.9. The van der Waals surface area contributed by atoms with Crippen LogP contribution in [0, 0.1) is 5.41 Å². The molecule has 0 aromatic carbocycles. The van der Waals surface area contributed by atoms with Crippen LogP contribution in [-0.2, 0) is 4.79 Å². The second-order valence-electron chi connectivity index (χ2n) is 6.20. The van der Waals surface area contributed by atoms with Gasteiger partial charge in [-0.1, -0.05) is 20.8 Å². The highest BCUT2D eigenvalue weighted by atomic mass is 79.9. The lowest BCUT2D eigenvalue weighted by Gasteiger charge is -2.37. The van der Waals surface area contributed by atoms with Crippen LogP contribution in [0.3, 0.4) is 0 Å². The molecule has 0 saturated carbocycles. The minimum atomic E-state index is -0.376. The van der Waals surface area contributed by atoms with Gasteiger partial charge in [0.25, 0.3) is 5.91 Å². The van der Waals surface area contributed by atoms with Gasteiger partial charge in [-0.25, -0.2) is 4.98 Å². The molecule has 2 heterocycles. The Kier molecular flexibility index (Phi) is 4.66. The highest BCUT2D eigenvalue weighted by Crippen LogP contribution is 2.19. The molecule has 0 radical (unpaired) electrons. The van der Waals surface area contributed by atoms with E-state index in [4.69, 9.17) is 0 Å². The lowest BCUT2D eigenvalue weighted by molar-refractivity contribution is -0.140. The Morgan fingerprint density at radius 3 is 2.14 bits per heavy atom. The summed E-state index contributed by atoms with van der Waals surface area (Å²) in [6.45, 7) is 8.02. The molecular weight excluding hydrogens is 334 g/mol. The molecule has 5 nitrogen and oxygen atoms in total. The summed E-state index contributed by atoms with van der Waals surface area (Å²) < 4.78 is 0.847. The first-order valence-corrected chi connectivity index (χ1v) is 7.78. The molecule has 2 amide bonds. The zero-order chi connectivity index (χ0) is 15.6. The molecule has 0 aliphatic carbocycles. The van der Waals surface area contributed by atoms with Gasteiger partial charge in [-0.3, -0.25) is 9.59 Å². The summed E-state index contributed by atoms with van der Waals surface area (Å²) in [6, 6.07) is 3.51. The number of piperazine rings is 1. The highest BCUT2D eigenvalue weighted by Gasteiger charge is 2.31. The lowest BCUT2D eigenvalue weighted by Crippen LogP contribution is -2.53. The number of carbonyl (C=O) groups excluding carboxylic acids is 2. The molecule has 1 aromatic heterocycles. The Labute approximate surface area is 133 Å². The first-order chi connectivity index (χ1) is 9.79. The largest absolute Gasteiger partial charge is 0.339 e. The van der Waals surface area contributed by atoms with Gasteiger partial charge < -0.3 is 9.80 Å². The van der Waals surface area contributed by atoms with E-state index in [1.54, 1.807) is 23.2 Å². The van der Waals surface area contributed by atoms with Crippen molar-refractivity contribution in [3.05, 3.63) is 28.5 Å². The van der Waals surface area contributed by atoms with E-state index in [2.05, 4.69) is 20.9 Å². The smallest absolute Gasteiger partial charge is 0.272 e. The molecule has 0 atom stereocenters. The third-order valence-electron chi connectivity index (χ3n) is 3.44. The van der Waals surface area contributed by atoms with Crippen molar-refractivity contribution in [1.29, 1.82) is 0 Å². The van der Waals surface area contributed by atoms with Crippen molar-refractivity contribution in [3.63, 3.8) is 0 Å². The highest BCUT2D eigenvalue weighted by molar-refractivity contribution is 9.10. The van der Waals surface area contributed by atoms with Crippen molar-refractivity contribution >= 4 is 27.7 Å². The maximum absolute atomic E-state index is 12.3. The number of amides is 2. The normalized spacial score (nSPS) is 16.0. The maximum atomic E-state index is 12.3. The summed E-state index contributed by atoms with van der Waals surface area (Å²) in [6.07, 6.45) is 1.62. The Balaban J connectivity index is 1.96. The quantitative estimate of drug-likeness (QED) is 0.777. The van der Waals surface area contributed by atoms with Crippen molar-refractivity contribution in [3.8, 4) is 0 Å². The fourth-order valence-electron chi connectivity index (χ4n) is 2.25. The number of hydrogen-bond acceptors (Lipinski definition) is 3. The Hall–Kier alpha value is -1.43. The van der Waals surface area contributed by atoms with Crippen LogP contribution < -0.4 is 0 Å². The van der Waals surface area contributed by atoms with E-state index in [0.717, 1.165) is 4.47 Å². The van der Waals surface area contributed by atoms with Crippen molar-refractivity contribution in [2.75, 3.05) is 26.2 Å². The Morgan fingerprint density at radius 1 is 1.10 bits per heavy atom. The minimum Gasteiger partial charge on any atom is -0.339 e. The minimum absolute atomic E-state index is 0.0784. The van der Waals surface area contributed by atoms with Gasteiger partial charge in [0.05, 0.1) is 0 Å². The molecule has 21 heavy (non-hydrogen) atoms. The second kappa shape index (κ2) is 6.13. The van der Waals surface area contributed by atoms with Gasteiger partial charge in [-0.15, -0.1) is 0 Å². The summed E-state index contributed by atoms with van der Waals surface area (Å²) in [4.78, 5) is 32.3. The van der Waals surface area contributed by atoms with E-state index in [-0.39, 0.29) is 17.2 Å². The standard InChI is InChI=1S/C15H20BrN3O2/c1-15(2,3)14(21)19-8-6-18(7-9-19)13(20)12-5-4-11(16)10-17-12/h4-5,10H,6-9H2,1-3H3. The van der Waals surface area contributed by atoms with Gasteiger partial charge in [0.2, 0.25) is 5.91 Å². The van der Waals surface area contributed by atoms with Crippen LogP contribution in [0.4, 0.5) is 0 Å². The number of rotatable bonds is 1. The number of halogens is 1. The number of nitrogens with zero attached hydrogens (tertiary/aromatic N) is 3. The molecule has 0 N–H and O–H groups in total. The third kappa shape index (κ3) is 3.81. The number of carbonyl (C=O) groups is 2. The number of aromatic nitrogens is 1. The zero-order valence-corrected chi connectivity index (χ0v) is 14.2. The average molecular weight is 354 g/mol. The fourth-order valence-corrected chi connectivity index (χ4v) is 2.49. The third-order valence-corrected chi connectivity index (χ3v) is 3.91. The predicted octanol–water partition coefficient (Wildman–Crippen LogP) is 2.17. The number of pyridine rings is 1. The van der Waals surface area contributed by atoms with Crippen LogP contribution >= 0.6 is 15.9 Å². The van der Waals surface area contributed by atoms with E-state index in [9.17, 15) is 9.59 Å². The molecule has 6 heteroatoms. The van der Waals surface area contributed by atoms with Crippen LogP contribution in [0.25, 0.3) is 0 Å². The van der Waals surface area contributed by atoms with Crippen LogP contribution in [0.15, 0.2) is 22.8 Å². The summed E-state index contributed by atoms with van der Waals surface area (Å²) in [5, 5.41) is 0. The molecule has 1 aromatic rings. The SMILES string of the molecule is CC(C)(C)C(=O)N1CCN(C(=O)c2ccc(Br)cn2)CC1. The van der Waals surface area contributed by atoms with Crippen molar-refractivity contribution in [1.82, 2.24) is 14.8 Å². The molecule has 1 aliphatic heterocycles. The van der Waals surface area contributed by atoms with Gasteiger partial charge in [0.15, 0.2) is 0 Å². The van der Waals surface area contributed by atoms with Crippen molar-refractivity contribution in [2.45, 2.75) is 20.8 Å². The summed E-state index contributed by atoms with van der Waals surface area (Å²) in [5.74, 6) is 0.0572. The lowest BCUT2D eigenvalue weighted by atomic mass is 9.94. The number of hydrogen-bond donors (Lipinski definition) is 0. The second-order valence-corrected chi connectivity index (χ2v) is 7.11. The van der Waals surface area contributed by atoms with E-state index in [1.807, 2.05) is 25.7 Å². The van der Waals surface area contributed by atoms with Crippen LogP contribution in [0.1, 0.15) is 31.3 Å². The Morgan fingerprint density at radius 2 is 1.67 bits per heavy atom. The molecule has 0 bridgehead atoms. The van der Waals surface area contributed by atoms with Crippen LogP contribution in [0.2, 0.25) is 0 Å². The van der Waals surface area contributed by atoms with Crippen LogP contribution in [-0.4, -0.2) is 52.8 Å². The van der Waals surface area contributed by atoms with E-state index in [1.165, 1.54) is 0 Å². The molecular formula is C15H20BrN3O2. The molecule has 0 unspecified atom stereocenters. The fraction of sp³-hybridized carbons (Fsp3) is 0.533. The van der Waals surface area contributed by atoms with Gasteiger partial charge in [0.1, 0.15) is 5.69 Å². The summed E-state index contributed by atoms with van der Waals surface area (Å²) in [7, 11) is 0. The van der Waals surface area contributed by atoms with E-state index >= 15 is 0 Å².